The van der Waals surface area contributed by atoms with Gasteiger partial charge in [0.1, 0.15) is 29.3 Å². The summed E-state index contributed by atoms with van der Waals surface area (Å²) in [5.41, 5.74) is 4.51. The second-order valence-corrected chi connectivity index (χ2v) is 11.2. The molecule has 2 fully saturated rings. The molecule has 0 saturated carbocycles. The number of nitrogens with zero attached hydrogens (tertiary/aromatic N) is 7. The van der Waals surface area contributed by atoms with Crippen LogP contribution in [0, 0.1) is 0 Å². The summed E-state index contributed by atoms with van der Waals surface area (Å²) < 4.78 is 1.71. The van der Waals surface area contributed by atoms with Crippen LogP contribution in [0.4, 0.5) is 0 Å². The van der Waals surface area contributed by atoms with Crippen molar-refractivity contribution in [3.63, 3.8) is 0 Å². The van der Waals surface area contributed by atoms with Gasteiger partial charge in [0.05, 0.1) is 18.6 Å². The molecule has 2 saturated heterocycles. The fraction of sp³-hybridized carbons (Fsp3) is 0.273. The Morgan fingerprint density at radius 1 is 1.05 bits per heavy atom. The van der Waals surface area contributed by atoms with Gasteiger partial charge in [0.25, 0.3) is 0 Å². The number of phenolic OH excluding ortho intramolecular Hbond substituents is 1. The van der Waals surface area contributed by atoms with Crippen molar-refractivity contribution in [1.29, 1.82) is 0 Å². The van der Waals surface area contributed by atoms with Crippen molar-refractivity contribution in [3.8, 4) is 5.75 Å². The molecule has 2 aliphatic rings. The number of hydrazine groups is 1. The monoisotopic (exact) mass is 592 g/mol. The fourth-order valence-electron chi connectivity index (χ4n) is 6.07. The van der Waals surface area contributed by atoms with E-state index in [-0.39, 0.29) is 30.7 Å². The van der Waals surface area contributed by atoms with E-state index in [1.54, 1.807) is 39.9 Å². The number of amides is 2. The van der Waals surface area contributed by atoms with Crippen LogP contribution in [0.25, 0.3) is 11.0 Å². The molecule has 2 amide bonds. The maximum atomic E-state index is 14.2. The molecule has 6 rings (SSSR count). The number of aromatic hydroxyl groups is 1. The number of aromatic nitrogens is 3. The van der Waals surface area contributed by atoms with Crippen molar-refractivity contribution in [2.45, 2.75) is 31.7 Å². The minimum Gasteiger partial charge on any atom is -0.508 e. The van der Waals surface area contributed by atoms with E-state index in [0.717, 1.165) is 27.7 Å². The normalized spacial score (nSPS) is 18.9. The molecular weight excluding hydrogens is 556 g/mol. The summed E-state index contributed by atoms with van der Waals surface area (Å²) >= 11 is 0. The standard InChI is InChI=1S/C33H36N8O3/c1-4-16-39-22-32(43)40-30(18-24-10-13-27(42)14-11-24)33(44)38(20-26-12-15-29-28(17-26)35-36-37(29)3)21-31(40)41(39)23(2)34-19-25-8-6-5-7-9-25/h4-15,17,30-31,34,42H,1-2,16,18-22H2,3H3/t30-,31-/m0/s1. The van der Waals surface area contributed by atoms with E-state index >= 15 is 0 Å². The van der Waals surface area contributed by atoms with Gasteiger partial charge in [-0.2, -0.15) is 0 Å². The van der Waals surface area contributed by atoms with E-state index < -0.39 is 12.2 Å². The summed E-state index contributed by atoms with van der Waals surface area (Å²) in [5.74, 6) is 0.490. The van der Waals surface area contributed by atoms with Crippen molar-refractivity contribution in [1.82, 2.24) is 40.1 Å². The summed E-state index contributed by atoms with van der Waals surface area (Å²) in [6.07, 6.45) is 1.56. The Hall–Kier alpha value is -5.16. The number of piperazine rings is 1. The van der Waals surface area contributed by atoms with E-state index in [1.807, 2.05) is 70.5 Å². The largest absolute Gasteiger partial charge is 0.508 e. The summed E-state index contributed by atoms with van der Waals surface area (Å²) in [6.45, 7) is 9.98. The highest BCUT2D eigenvalue weighted by molar-refractivity contribution is 5.90. The summed E-state index contributed by atoms with van der Waals surface area (Å²) in [5, 5.41) is 25.6. The van der Waals surface area contributed by atoms with Crippen LogP contribution in [-0.2, 0) is 36.1 Å². The van der Waals surface area contributed by atoms with Crippen molar-refractivity contribution < 1.29 is 14.7 Å². The van der Waals surface area contributed by atoms with Gasteiger partial charge in [-0.15, -0.1) is 11.7 Å². The van der Waals surface area contributed by atoms with Crippen molar-refractivity contribution in [2.24, 2.45) is 7.05 Å². The van der Waals surface area contributed by atoms with Crippen molar-refractivity contribution in [3.05, 3.63) is 115 Å². The first-order valence-electron chi connectivity index (χ1n) is 14.6. The Kier molecular flexibility index (Phi) is 8.03. The minimum atomic E-state index is -0.749. The molecule has 226 valence electrons. The van der Waals surface area contributed by atoms with Crippen LogP contribution in [-0.4, -0.2) is 83.6 Å². The molecule has 3 heterocycles. The molecule has 0 spiro atoms. The fourth-order valence-corrected chi connectivity index (χ4v) is 6.07. The van der Waals surface area contributed by atoms with Crippen molar-refractivity contribution >= 4 is 22.8 Å². The average Bonchev–Trinajstić information content (AvgIpc) is 3.39. The summed E-state index contributed by atoms with van der Waals surface area (Å²) in [7, 11) is 1.84. The molecule has 11 nitrogen and oxygen atoms in total. The first kappa shape index (κ1) is 28.9. The zero-order chi connectivity index (χ0) is 30.8. The lowest BCUT2D eigenvalue weighted by Crippen LogP contribution is -2.75. The van der Waals surface area contributed by atoms with E-state index in [4.69, 9.17) is 0 Å². The Labute approximate surface area is 256 Å². The third kappa shape index (κ3) is 5.73. The first-order chi connectivity index (χ1) is 21.3. The quantitative estimate of drug-likeness (QED) is 0.271. The second-order valence-electron chi connectivity index (χ2n) is 11.2. The summed E-state index contributed by atoms with van der Waals surface area (Å²) in [6, 6.07) is 21.9. The van der Waals surface area contributed by atoms with Gasteiger partial charge < -0.3 is 20.2 Å². The number of hydrogen-bond donors (Lipinski definition) is 2. The van der Waals surface area contributed by atoms with Gasteiger partial charge in [-0.25, -0.2) is 9.69 Å². The SMILES string of the molecule is C=CCN1CC(=O)N2[C@@H](Cc3ccc(O)cc3)C(=O)N(Cc3ccc4c(c3)nnn4C)C[C@@H]2N1C(=C)NCc1ccccc1. The number of aryl methyl sites for hydroxylation is 1. The first-order valence-corrected chi connectivity index (χ1v) is 14.6. The Bertz CT molecular complexity index is 1690. The number of carbonyl (C=O) groups excluding carboxylic acids is 2. The summed E-state index contributed by atoms with van der Waals surface area (Å²) in [4.78, 5) is 31.6. The average molecular weight is 593 g/mol. The second kappa shape index (κ2) is 12.2. The van der Waals surface area contributed by atoms with Gasteiger partial charge in [0.2, 0.25) is 11.8 Å². The van der Waals surface area contributed by atoms with Crippen LogP contribution in [0.1, 0.15) is 16.7 Å². The van der Waals surface area contributed by atoms with E-state index in [1.165, 1.54) is 0 Å². The highest BCUT2D eigenvalue weighted by Gasteiger charge is 2.50. The van der Waals surface area contributed by atoms with Crippen LogP contribution >= 0.6 is 0 Å². The van der Waals surface area contributed by atoms with Gasteiger partial charge >= 0.3 is 0 Å². The molecule has 1 aromatic heterocycles. The molecule has 0 aliphatic carbocycles. The van der Waals surface area contributed by atoms with Gasteiger partial charge in [-0.05, 0) is 41.0 Å². The zero-order valence-corrected chi connectivity index (χ0v) is 24.7. The van der Waals surface area contributed by atoms with Crippen molar-refractivity contribution in [2.75, 3.05) is 19.6 Å². The van der Waals surface area contributed by atoms with E-state index in [2.05, 4.69) is 28.8 Å². The third-order valence-electron chi connectivity index (χ3n) is 8.20. The number of benzene rings is 3. The number of hydrogen-bond acceptors (Lipinski definition) is 8. The minimum absolute atomic E-state index is 0.0806. The maximum absolute atomic E-state index is 14.2. The van der Waals surface area contributed by atoms with Crippen LogP contribution in [0.2, 0.25) is 0 Å². The molecule has 2 aliphatic heterocycles. The highest BCUT2D eigenvalue weighted by Crippen LogP contribution is 2.31. The predicted octanol–water partition coefficient (Wildman–Crippen LogP) is 2.76. The molecule has 11 heteroatoms. The van der Waals surface area contributed by atoms with Crippen LogP contribution in [0.3, 0.4) is 0 Å². The van der Waals surface area contributed by atoms with Crippen LogP contribution in [0.5, 0.6) is 5.75 Å². The molecule has 44 heavy (non-hydrogen) atoms. The molecule has 0 unspecified atom stereocenters. The van der Waals surface area contributed by atoms with Gasteiger partial charge in [0, 0.05) is 33.1 Å². The van der Waals surface area contributed by atoms with Gasteiger partial charge in [0.15, 0.2) is 0 Å². The highest BCUT2D eigenvalue weighted by atomic mass is 16.3. The zero-order valence-electron chi connectivity index (χ0n) is 24.7. The lowest BCUT2D eigenvalue weighted by Gasteiger charge is -2.56. The molecule has 2 atom stereocenters. The predicted molar refractivity (Wildman–Crippen MR) is 166 cm³/mol. The van der Waals surface area contributed by atoms with E-state index in [0.29, 0.717) is 31.9 Å². The third-order valence-corrected chi connectivity index (χ3v) is 8.20. The lowest BCUT2D eigenvalue weighted by molar-refractivity contribution is -0.194. The number of rotatable bonds is 10. The maximum Gasteiger partial charge on any atom is 0.246 e. The number of phenols is 1. The number of carbonyl (C=O) groups is 2. The number of fused-ring (bicyclic) bond motifs is 2. The van der Waals surface area contributed by atoms with Crippen LogP contribution < -0.4 is 5.32 Å². The Balaban J connectivity index is 1.35. The van der Waals surface area contributed by atoms with Gasteiger partial charge in [-0.1, -0.05) is 66.4 Å². The molecule has 2 N–H and O–H groups in total. The topological polar surface area (TPSA) is 110 Å². The molecule has 0 bridgehead atoms. The number of nitrogens with one attached hydrogen (secondary N) is 1. The smallest absolute Gasteiger partial charge is 0.246 e. The Morgan fingerprint density at radius 3 is 2.55 bits per heavy atom. The molecule has 4 aromatic rings. The molecule has 3 aromatic carbocycles. The lowest BCUT2D eigenvalue weighted by atomic mass is 9.98. The molecule has 0 radical (unpaired) electrons. The van der Waals surface area contributed by atoms with Crippen LogP contribution in [0.15, 0.2) is 97.9 Å². The Morgan fingerprint density at radius 2 is 1.80 bits per heavy atom. The van der Waals surface area contributed by atoms with E-state index in [9.17, 15) is 14.7 Å². The van der Waals surface area contributed by atoms with Gasteiger partial charge in [-0.3, -0.25) is 14.6 Å². The molecular formula is C33H36N8O3.